The minimum Gasteiger partial charge on any atom is -0.398 e. The number of anilines is 1. The molecule has 21 heavy (non-hydrogen) atoms. The Morgan fingerprint density at radius 1 is 1.14 bits per heavy atom. The van der Waals surface area contributed by atoms with E-state index in [2.05, 4.69) is 15.9 Å². The van der Waals surface area contributed by atoms with Crippen molar-refractivity contribution < 1.29 is 16.8 Å². The van der Waals surface area contributed by atoms with Gasteiger partial charge in [0.1, 0.15) is 9.84 Å². The molecule has 0 aromatic heterocycles. The molecule has 8 heteroatoms. The van der Waals surface area contributed by atoms with E-state index in [0.29, 0.717) is 23.7 Å². The quantitative estimate of drug-likeness (QED) is 0.791. The number of nitrogen functional groups attached to an aromatic ring is 1. The molecule has 1 fully saturated rings. The third kappa shape index (κ3) is 3.60. The van der Waals surface area contributed by atoms with Crippen molar-refractivity contribution in [3.63, 3.8) is 0 Å². The summed E-state index contributed by atoms with van der Waals surface area (Å²) in [7, 11) is -6.83. The lowest BCUT2D eigenvalue weighted by atomic mass is 10.00. The average molecular weight is 396 g/mol. The molecule has 0 heterocycles. The molecule has 0 saturated heterocycles. The highest BCUT2D eigenvalue weighted by Crippen LogP contribution is 2.34. The van der Waals surface area contributed by atoms with Gasteiger partial charge in [0.15, 0.2) is 9.84 Å². The van der Waals surface area contributed by atoms with E-state index in [1.807, 2.05) is 0 Å². The zero-order valence-corrected chi connectivity index (χ0v) is 14.8. The van der Waals surface area contributed by atoms with Crippen molar-refractivity contribution in [2.45, 2.75) is 41.1 Å². The van der Waals surface area contributed by atoms with Crippen LogP contribution in [0.15, 0.2) is 27.6 Å². The summed E-state index contributed by atoms with van der Waals surface area (Å²) in [6.07, 6.45) is 2.92. The molecule has 0 radical (unpaired) electrons. The largest absolute Gasteiger partial charge is 0.398 e. The van der Waals surface area contributed by atoms with E-state index in [-0.39, 0.29) is 17.0 Å². The van der Waals surface area contributed by atoms with Crippen LogP contribution in [0.3, 0.4) is 0 Å². The summed E-state index contributed by atoms with van der Waals surface area (Å²) in [6, 6.07) is 4.64. The van der Waals surface area contributed by atoms with Crippen LogP contribution in [0, 0.1) is 0 Å². The maximum absolute atomic E-state index is 12.7. The lowest BCUT2D eigenvalue weighted by Crippen LogP contribution is -2.35. The third-order valence-electron chi connectivity index (χ3n) is 3.90. The summed E-state index contributed by atoms with van der Waals surface area (Å²) in [5.74, 6) is 0. The highest BCUT2D eigenvalue weighted by atomic mass is 79.9. The molecule has 2 unspecified atom stereocenters. The summed E-state index contributed by atoms with van der Waals surface area (Å²) in [4.78, 5) is 0.0878. The van der Waals surface area contributed by atoms with Gasteiger partial charge in [-0.15, -0.1) is 0 Å². The SMILES string of the molecule is CS(=O)(=O)C1CCCC(S(=O)(=O)c2ccc(Br)cc2N)C1. The molecular weight excluding hydrogens is 378 g/mol. The first-order valence-corrected chi connectivity index (χ1v) is 10.9. The molecule has 1 aliphatic rings. The first kappa shape index (κ1) is 16.8. The first-order valence-electron chi connectivity index (χ1n) is 6.60. The fraction of sp³-hybridized carbons (Fsp3) is 0.538. The van der Waals surface area contributed by atoms with Gasteiger partial charge < -0.3 is 5.73 Å². The van der Waals surface area contributed by atoms with Crippen molar-refractivity contribution >= 4 is 41.3 Å². The molecule has 0 aliphatic heterocycles. The highest BCUT2D eigenvalue weighted by molar-refractivity contribution is 9.10. The Hall–Kier alpha value is -0.600. The lowest BCUT2D eigenvalue weighted by Gasteiger charge is -2.28. The minimum absolute atomic E-state index is 0.0878. The Morgan fingerprint density at radius 2 is 1.76 bits per heavy atom. The van der Waals surface area contributed by atoms with Gasteiger partial charge >= 0.3 is 0 Å². The molecule has 2 N–H and O–H groups in total. The van der Waals surface area contributed by atoms with Crippen molar-refractivity contribution in [1.82, 2.24) is 0 Å². The Labute approximate surface area is 133 Å². The molecule has 1 aromatic carbocycles. The van der Waals surface area contributed by atoms with E-state index < -0.39 is 30.2 Å². The summed E-state index contributed by atoms with van der Waals surface area (Å²) < 4.78 is 49.5. The van der Waals surface area contributed by atoms with E-state index in [9.17, 15) is 16.8 Å². The zero-order valence-electron chi connectivity index (χ0n) is 11.6. The molecule has 1 aromatic rings. The summed E-state index contributed by atoms with van der Waals surface area (Å²) >= 11 is 3.24. The number of hydrogen-bond acceptors (Lipinski definition) is 5. The molecule has 2 rings (SSSR count). The second kappa shape index (κ2) is 5.89. The Kier molecular flexibility index (Phi) is 4.70. The smallest absolute Gasteiger partial charge is 0.183 e. The summed E-state index contributed by atoms with van der Waals surface area (Å²) in [5.41, 5.74) is 5.99. The van der Waals surface area contributed by atoms with Gasteiger partial charge in [0, 0.05) is 10.7 Å². The van der Waals surface area contributed by atoms with E-state index >= 15 is 0 Å². The van der Waals surface area contributed by atoms with E-state index in [1.165, 1.54) is 12.3 Å². The van der Waals surface area contributed by atoms with Crippen LogP contribution in [0.25, 0.3) is 0 Å². The Morgan fingerprint density at radius 3 is 2.33 bits per heavy atom. The van der Waals surface area contributed by atoms with Crippen molar-refractivity contribution in [1.29, 1.82) is 0 Å². The Balaban J connectivity index is 2.35. The number of halogens is 1. The van der Waals surface area contributed by atoms with Crippen LogP contribution in [0.5, 0.6) is 0 Å². The Bertz CT molecular complexity index is 743. The van der Waals surface area contributed by atoms with Gasteiger partial charge in [-0.25, -0.2) is 16.8 Å². The van der Waals surface area contributed by atoms with Crippen LogP contribution in [0.2, 0.25) is 0 Å². The van der Waals surface area contributed by atoms with E-state index in [0.717, 1.165) is 0 Å². The number of benzene rings is 1. The van der Waals surface area contributed by atoms with Gasteiger partial charge in [-0.2, -0.15) is 0 Å². The fourth-order valence-electron chi connectivity index (χ4n) is 2.73. The van der Waals surface area contributed by atoms with E-state index in [4.69, 9.17) is 5.73 Å². The second-order valence-electron chi connectivity index (χ2n) is 5.47. The summed E-state index contributed by atoms with van der Waals surface area (Å²) in [5, 5.41) is -1.27. The van der Waals surface area contributed by atoms with Crippen LogP contribution in [-0.2, 0) is 19.7 Å². The van der Waals surface area contributed by atoms with E-state index in [1.54, 1.807) is 12.1 Å². The monoisotopic (exact) mass is 395 g/mol. The molecule has 1 saturated carbocycles. The molecule has 5 nitrogen and oxygen atoms in total. The van der Waals surface area contributed by atoms with Crippen LogP contribution in [0.4, 0.5) is 5.69 Å². The predicted octanol–water partition coefficient (Wildman–Crippen LogP) is 2.16. The number of nitrogens with two attached hydrogens (primary N) is 1. The average Bonchev–Trinajstić information content (AvgIpc) is 2.37. The lowest BCUT2D eigenvalue weighted by molar-refractivity contribution is 0.473. The second-order valence-corrected chi connectivity index (χ2v) is 10.9. The molecule has 0 bridgehead atoms. The van der Waals surface area contributed by atoms with Crippen molar-refractivity contribution in [2.75, 3.05) is 12.0 Å². The van der Waals surface area contributed by atoms with Gasteiger partial charge in [-0.05, 0) is 37.5 Å². The molecule has 0 amide bonds. The van der Waals surface area contributed by atoms with Crippen LogP contribution < -0.4 is 5.73 Å². The molecule has 2 atom stereocenters. The maximum atomic E-state index is 12.7. The maximum Gasteiger partial charge on any atom is 0.183 e. The van der Waals surface area contributed by atoms with Gasteiger partial charge in [0.2, 0.25) is 0 Å². The highest BCUT2D eigenvalue weighted by Gasteiger charge is 2.37. The number of hydrogen-bond donors (Lipinski definition) is 1. The predicted molar refractivity (Wildman–Crippen MR) is 86.6 cm³/mol. The van der Waals surface area contributed by atoms with Crippen LogP contribution in [-0.4, -0.2) is 33.6 Å². The fourth-order valence-corrected chi connectivity index (χ4v) is 6.38. The number of rotatable bonds is 3. The molecular formula is C13H18BrNO4S2. The van der Waals surface area contributed by atoms with Gasteiger partial charge in [0.05, 0.1) is 21.1 Å². The van der Waals surface area contributed by atoms with Gasteiger partial charge in [-0.1, -0.05) is 22.4 Å². The third-order valence-corrected chi connectivity index (χ3v) is 8.32. The van der Waals surface area contributed by atoms with Gasteiger partial charge in [0.25, 0.3) is 0 Å². The van der Waals surface area contributed by atoms with Crippen molar-refractivity contribution in [3.05, 3.63) is 22.7 Å². The van der Waals surface area contributed by atoms with Crippen LogP contribution in [0.1, 0.15) is 25.7 Å². The summed E-state index contributed by atoms with van der Waals surface area (Å²) in [6.45, 7) is 0. The molecule has 118 valence electrons. The molecule has 0 spiro atoms. The standard InChI is InChI=1S/C13H18BrNO4S2/c1-20(16,17)10-3-2-4-11(8-10)21(18,19)13-6-5-9(14)7-12(13)15/h5-7,10-11H,2-4,8,15H2,1H3. The first-order chi connectivity index (χ1) is 9.62. The molecule has 1 aliphatic carbocycles. The van der Waals surface area contributed by atoms with Crippen molar-refractivity contribution in [2.24, 2.45) is 0 Å². The van der Waals surface area contributed by atoms with Gasteiger partial charge in [-0.3, -0.25) is 0 Å². The van der Waals surface area contributed by atoms with Crippen LogP contribution >= 0.6 is 15.9 Å². The van der Waals surface area contributed by atoms with Crippen molar-refractivity contribution in [3.8, 4) is 0 Å². The zero-order chi connectivity index (χ0) is 15.8. The normalized spacial score (nSPS) is 23.9. The topological polar surface area (TPSA) is 94.3 Å². The number of sulfone groups is 2. The minimum atomic E-state index is -3.61.